The Balaban J connectivity index is 1.91. The van der Waals surface area contributed by atoms with Gasteiger partial charge in [-0.2, -0.15) is 0 Å². The molecule has 0 spiro atoms. The molecule has 0 bridgehead atoms. The summed E-state index contributed by atoms with van der Waals surface area (Å²) >= 11 is 0. The van der Waals surface area contributed by atoms with Crippen LogP contribution in [0.4, 0.5) is 4.39 Å². The van der Waals surface area contributed by atoms with Crippen LogP contribution in [0.15, 0.2) is 24.3 Å². The number of rotatable bonds is 3. The summed E-state index contributed by atoms with van der Waals surface area (Å²) in [5.74, 6) is 0.0673. The Bertz CT molecular complexity index is 395. The molecular weight excluding hydrogens is 229 g/mol. The van der Waals surface area contributed by atoms with Crippen molar-refractivity contribution in [1.29, 1.82) is 0 Å². The van der Waals surface area contributed by atoms with Gasteiger partial charge < -0.3 is 5.32 Å². The summed E-state index contributed by atoms with van der Waals surface area (Å²) < 4.78 is 12.8. The molecule has 0 aliphatic heterocycles. The molecule has 1 saturated carbocycles. The molecule has 0 unspecified atom stereocenters. The van der Waals surface area contributed by atoms with Crippen LogP contribution < -0.4 is 5.32 Å². The van der Waals surface area contributed by atoms with E-state index in [1.165, 1.54) is 18.6 Å². The highest BCUT2D eigenvalue weighted by atomic mass is 19.1. The van der Waals surface area contributed by atoms with Crippen molar-refractivity contribution >= 4 is 5.91 Å². The SMILES string of the molecule is C[C@@H](NC(=O)C1CCCCC1)c1ccc(F)cc1. The molecule has 1 aromatic rings. The van der Waals surface area contributed by atoms with Gasteiger partial charge in [0, 0.05) is 5.92 Å². The van der Waals surface area contributed by atoms with Crippen LogP contribution in [0, 0.1) is 11.7 Å². The minimum atomic E-state index is -0.246. The molecule has 1 aliphatic carbocycles. The third-order valence-electron chi connectivity index (χ3n) is 3.70. The molecule has 2 nitrogen and oxygen atoms in total. The number of nitrogens with one attached hydrogen (secondary N) is 1. The van der Waals surface area contributed by atoms with E-state index in [4.69, 9.17) is 0 Å². The van der Waals surface area contributed by atoms with Gasteiger partial charge in [-0.15, -0.1) is 0 Å². The number of benzene rings is 1. The van der Waals surface area contributed by atoms with Crippen LogP contribution >= 0.6 is 0 Å². The van der Waals surface area contributed by atoms with Crippen LogP contribution in [0.3, 0.4) is 0 Å². The van der Waals surface area contributed by atoms with Crippen LogP contribution in [0.25, 0.3) is 0 Å². The predicted molar refractivity (Wildman–Crippen MR) is 69.5 cm³/mol. The highest BCUT2D eigenvalue weighted by Gasteiger charge is 2.22. The fraction of sp³-hybridized carbons (Fsp3) is 0.533. The van der Waals surface area contributed by atoms with E-state index in [9.17, 15) is 9.18 Å². The maximum atomic E-state index is 12.8. The van der Waals surface area contributed by atoms with Crippen molar-refractivity contribution in [3.63, 3.8) is 0 Å². The fourth-order valence-electron chi connectivity index (χ4n) is 2.53. The molecule has 98 valence electrons. The van der Waals surface area contributed by atoms with Crippen LogP contribution in [0.2, 0.25) is 0 Å². The van der Waals surface area contributed by atoms with Crippen molar-refractivity contribution in [2.45, 2.75) is 45.1 Å². The molecule has 1 N–H and O–H groups in total. The van der Waals surface area contributed by atoms with Gasteiger partial charge in [0.15, 0.2) is 0 Å². The van der Waals surface area contributed by atoms with E-state index in [-0.39, 0.29) is 23.7 Å². The number of hydrogen-bond acceptors (Lipinski definition) is 1. The van der Waals surface area contributed by atoms with Gasteiger partial charge in [-0.3, -0.25) is 4.79 Å². The van der Waals surface area contributed by atoms with Gasteiger partial charge in [0.25, 0.3) is 0 Å². The van der Waals surface area contributed by atoms with Crippen molar-refractivity contribution in [2.75, 3.05) is 0 Å². The number of amides is 1. The van der Waals surface area contributed by atoms with E-state index in [1.807, 2.05) is 6.92 Å². The molecule has 3 heteroatoms. The van der Waals surface area contributed by atoms with Crippen LogP contribution in [-0.4, -0.2) is 5.91 Å². The summed E-state index contributed by atoms with van der Waals surface area (Å²) in [6.45, 7) is 1.94. The molecule has 1 aliphatic rings. The molecule has 1 aromatic carbocycles. The lowest BCUT2D eigenvalue weighted by atomic mass is 9.88. The minimum Gasteiger partial charge on any atom is -0.349 e. The number of carbonyl (C=O) groups is 1. The van der Waals surface area contributed by atoms with E-state index in [2.05, 4.69) is 5.32 Å². The summed E-state index contributed by atoms with van der Waals surface area (Å²) in [7, 11) is 0. The zero-order valence-electron chi connectivity index (χ0n) is 10.8. The maximum Gasteiger partial charge on any atom is 0.223 e. The average Bonchev–Trinajstić information content (AvgIpc) is 2.40. The maximum absolute atomic E-state index is 12.8. The van der Waals surface area contributed by atoms with Gasteiger partial charge in [-0.25, -0.2) is 4.39 Å². The van der Waals surface area contributed by atoms with Crippen molar-refractivity contribution in [3.05, 3.63) is 35.6 Å². The van der Waals surface area contributed by atoms with E-state index in [0.717, 1.165) is 31.2 Å². The van der Waals surface area contributed by atoms with Gasteiger partial charge in [-0.05, 0) is 37.5 Å². The molecule has 2 rings (SSSR count). The highest BCUT2D eigenvalue weighted by molar-refractivity contribution is 5.79. The summed E-state index contributed by atoms with van der Waals surface area (Å²) in [6, 6.07) is 6.25. The van der Waals surface area contributed by atoms with Crippen molar-refractivity contribution < 1.29 is 9.18 Å². The van der Waals surface area contributed by atoms with Crippen LogP contribution in [-0.2, 0) is 4.79 Å². The molecule has 18 heavy (non-hydrogen) atoms. The fourth-order valence-corrected chi connectivity index (χ4v) is 2.53. The van der Waals surface area contributed by atoms with Crippen molar-refractivity contribution in [3.8, 4) is 0 Å². The topological polar surface area (TPSA) is 29.1 Å². The zero-order chi connectivity index (χ0) is 13.0. The van der Waals surface area contributed by atoms with Gasteiger partial charge in [0.1, 0.15) is 5.82 Å². The monoisotopic (exact) mass is 249 g/mol. The Morgan fingerprint density at radius 3 is 2.44 bits per heavy atom. The van der Waals surface area contributed by atoms with E-state index in [0.29, 0.717) is 0 Å². The second-order valence-corrected chi connectivity index (χ2v) is 5.12. The summed E-state index contributed by atoms with van der Waals surface area (Å²) in [5.41, 5.74) is 0.945. The minimum absolute atomic E-state index is 0.0555. The second kappa shape index (κ2) is 5.98. The van der Waals surface area contributed by atoms with Crippen LogP contribution in [0.5, 0.6) is 0 Å². The molecule has 0 heterocycles. The molecular formula is C15H20FNO. The third kappa shape index (κ3) is 3.31. The van der Waals surface area contributed by atoms with Gasteiger partial charge in [-0.1, -0.05) is 31.4 Å². The molecule has 0 radical (unpaired) electrons. The second-order valence-electron chi connectivity index (χ2n) is 5.12. The van der Waals surface area contributed by atoms with E-state index < -0.39 is 0 Å². The first-order chi connectivity index (χ1) is 8.66. The highest BCUT2D eigenvalue weighted by Crippen LogP contribution is 2.24. The molecule has 1 atom stereocenters. The van der Waals surface area contributed by atoms with Gasteiger partial charge in [0.05, 0.1) is 6.04 Å². The Labute approximate surface area is 108 Å². The first kappa shape index (κ1) is 13.1. The molecule has 1 amide bonds. The van der Waals surface area contributed by atoms with E-state index >= 15 is 0 Å². The number of carbonyl (C=O) groups excluding carboxylic acids is 1. The van der Waals surface area contributed by atoms with Crippen molar-refractivity contribution in [2.24, 2.45) is 5.92 Å². The average molecular weight is 249 g/mol. The lowest BCUT2D eigenvalue weighted by Gasteiger charge is -2.23. The summed E-state index contributed by atoms with van der Waals surface area (Å²) in [5, 5.41) is 3.02. The van der Waals surface area contributed by atoms with Gasteiger partial charge >= 0.3 is 0 Å². The normalized spacial score (nSPS) is 18.3. The molecule has 0 saturated heterocycles. The Hall–Kier alpha value is -1.38. The largest absolute Gasteiger partial charge is 0.349 e. The number of halogens is 1. The zero-order valence-corrected chi connectivity index (χ0v) is 10.8. The van der Waals surface area contributed by atoms with E-state index in [1.54, 1.807) is 12.1 Å². The standard InChI is InChI=1S/C15H20FNO/c1-11(12-7-9-14(16)10-8-12)17-15(18)13-5-3-2-4-6-13/h7-11,13H,2-6H2,1H3,(H,17,18)/t11-/m1/s1. The Kier molecular flexibility index (Phi) is 4.34. The number of hydrogen-bond donors (Lipinski definition) is 1. The Morgan fingerprint density at radius 1 is 1.22 bits per heavy atom. The third-order valence-corrected chi connectivity index (χ3v) is 3.70. The first-order valence-electron chi connectivity index (χ1n) is 6.72. The first-order valence-corrected chi connectivity index (χ1v) is 6.72. The summed E-state index contributed by atoms with van der Waals surface area (Å²) in [4.78, 5) is 12.1. The summed E-state index contributed by atoms with van der Waals surface area (Å²) in [6.07, 6.45) is 5.56. The molecule has 1 fully saturated rings. The van der Waals surface area contributed by atoms with Crippen molar-refractivity contribution in [1.82, 2.24) is 5.32 Å². The van der Waals surface area contributed by atoms with Crippen LogP contribution in [0.1, 0.15) is 50.6 Å². The Morgan fingerprint density at radius 2 is 1.83 bits per heavy atom. The lowest BCUT2D eigenvalue weighted by molar-refractivity contribution is -0.126. The quantitative estimate of drug-likeness (QED) is 0.871. The molecule has 0 aromatic heterocycles. The lowest BCUT2D eigenvalue weighted by Crippen LogP contribution is -2.33. The van der Waals surface area contributed by atoms with Gasteiger partial charge in [0.2, 0.25) is 5.91 Å². The predicted octanol–water partition coefficient (Wildman–Crippen LogP) is 3.58. The smallest absolute Gasteiger partial charge is 0.223 e.